The summed E-state index contributed by atoms with van der Waals surface area (Å²) in [5.41, 5.74) is 2.75. The molecular weight excluding hydrogens is 340 g/mol. The first-order valence-electron chi connectivity index (χ1n) is 9.46. The van der Waals surface area contributed by atoms with Gasteiger partial charge < -0.3 is 10.2 Å². The summed E-state index contributed by atoms with van der Waals surface area (Å²) in [6, 6.07) is 7.80. The second-order valence-corrected chi connectivity index (χ2v) is 7.07. The number of carbonyl (C=O) groups is 1. The van der Waals surface area contributed by atoms with Gasteiger partial charge >= 0.3 is 0 Å². The van der Waals surface area contributed by atoms with Gasteiger partial charge in [0.05, 0.1) is 11.3 Å². The molecule has 27 heavy (non-hydrogen) atoms. The van der Waals surface area contributed by atoms with Gasteiger partial charge in [-0.2, -0.15) is 10.4 Å². The summed E-state index contributed by atoms with van der Waals surface area (Å²) < 4.78 is 1.99. The molecule has 0 saturated carbocycles. The maximum Gasteiger partial charge on any atom is 0.223 e. The monoisotopic (exact) mass is 366 g/mol. The number of anilines is 1. The highest BCUT2D eigenvalue weighted by molar-refractivity contribution is 5.78. The van der Waals surface area contributed by atoms with Crippen molar-refractivity contribution in [1.29, 1.82) is 5.26 Å². The Bertz CT molecular complexity index is 812. The molecule has 1 saturated heterocycles. The predicted octanol–water partition coefficient (Wildman–Crippen LogP) is 2.19. The highest BCUT2D eigenvalue weighted by Crippen LogP contribution is 2.22. The van der Waals surface area contributed by atoms with Gasteiger partial charge in [-0.25, -0.2) is 4.98 Å². The van der Waals surface area contributed by atoms with E-state index >= 15 is 0 Å². The van der Waals surface area contributed by atoms with Crippen LogP contribution in [0.1, 0.15) is 36.2 Å². The first-order chi connectivity index (χ1) is 13.1. The first kappa shape index (κ1) is 18.9. The summed E-state index contributed by atoms with van der Waals surface area (Å²) in [7, 11) is 0. The molecule has 142 valence electrons. The minimum Gasteiger partial charge on any atom is -0.357 e. The van der Waals surface area contributed by atoms with Crippen LogP contribution in [-0.2, 0) is 11.3 Å². The van der Waals surface area contributed by atoms with Gasteiger partial charge in [-0.15, -0.1) is 0 Å². The van der Waals surface area contributed by atoms with Crippen LogP contribution in [0.25, 0.3) is 0 Å². The maximum atomic E-state index is 12.4. The van der Waals surface area contributed by atoms with Crippen molar-refractivity contribution in [1.82, 2.24) is 20.1 Å². The number of rotatable bonds is 6. The molecule has 7 nitrogen and oxygen atoms in total. The van der Waals surface area contributed by atoms with Crippen LogP contribution < -0.4 is 10.2 Å². The summed E-state index contributed by atoms with van der Waals surface area (Å²) in [5.74, 6) is 1.09. The summed E-state index contributed by atoms with van der Waals surface area (Å²) in [4.78, 5) is 18.9. The Morgan fingerprint density at radius 1 is 1.33 bits per heavy atom. The average molecular weight is 366 g/mol. The SMILES string of the molecule is Cc1cc(C)n(CCCNC(=O)C2CCN(c3ccc(C#N)cn3)CC2)n1. The van der Waals surface area contributed by atoms with E-state index < -0.39 is 0 Å². The number of hydrogen-bond acceptors (Lipinski definition) is 5. The number of nitrogens with one attached hydrogen (secondary N) is 1. The molecule has 0 unspecified atom stereocenters. The quantitative estimate of drug-likeness (QED) is 0.792. The fourth-order valence-corrected chi connectivity index (χ4v) is 3.50. The number of piperidine rings is 1. The van der Waals surface area contributed by atoms with Crippen LogP contribution in [0.4, 0.5) is 5.82 Å². The van der Waals surface area contributed by atoms with Gasteiger partial charge in [-0.3, -0.25) is 9.48 Å². The number of nitriles is 1. The van der Waals surface area contributed by atoms with Crippen molar-refractivity contribution in [3.63, 3.8) is 0 Å². The normalized spacial score (nSPS) is 14.8. The van der Waals surface area contributed by atoms with Crippen LogP contribution in [-0.4, -0.2) is 40.3 Å². The molecule has 0 bridgehead atoms. The van der Waals surface area contributed by atoms with Crippen molar-refractivity contribution < 1.29 is 4.79 Å². The number of amides is 1. The minimum absolute atomic E-state index is 0.0633. The average Bonchev–Trinajstić information content (AvgIpc) is 3.02. The van der Waals surface area contributed by atoms with Crippen molar-refractivity contribution in [2.24, 2.45) is 5.92 Å². The first-order valence-corrected chi connectivity index (χ1v) is 9.46. The molecule has 1 aliphatic rings. The van der Waals surface area contributed by atoms with Gasteiger partial charge in [-0.05, 0) is 51.3 Å². The summed E-state index contributed by atoms with van der Waals surface area (Å²) in [6.07, 6.45) is 4.12. The number of pyridine rings is 1. The van der Waals surface area contributed by atoms with Gasteiger partial charge in [0.1, 0.15) is 11.9 Å². The van der Waals surface area contributed by atoms with E-state index in [9.17, 15) is 4.79 Å². The van der Waals surface area contributed by atoms with Gasteiger partial charge in [0.15, 0.2) is 0 Å². The Hall–Kier alpha value is -2.88. The molecule has 1 aliphatic heterocycles. The zero-order valence-electron chi connectivity index (χ0n) is 16.0. The van der Waals surface area contributed by atoms with Crippen LogP contribution in [0.3, 0.4) is 0 Å². The van der Waals surface area contributed by atoms with Gasteiger partial charge in [-0.1, -0.05) is 0 Å². The van der Waals surface area contributed by atoms with Crippen LogP contribution in [0.15, 0.2) is 24.4 Å². The number of carbonyl (C=O) groups excluding carboxylic acids is 1. The molecule has 1 amide bonds. The molecule has 1 N–H and O–H groups in total. The van der Waals surface area contributed by atoms with E-state index in [1.807, 2.05) is 17.7 Å². The molecule has 7 heteroatoms. The predicted molar refractivity (Wildman–Crippen MR) is 103 cm³/mol. The molecule has 0 atom stereocenters. The lowest BCUT2D eigenvalue weighted by Gasteiger charge is -2.32. The third kappa shape index (κ3) is 4.85. The fraction of sp³-hybridized carbons (Fsp3) is 0.500. The summed E-state index contributed by atoms with van der Waals surface area (Å²) >= 11 is 0. The molecule has 3 heterocycles. The van der Waals surface area contributed by atoms with Crippen molar-refractivity contribution in [3.8, 4) is 6.07 Å². The van der Waals surface area contributed by atoms with Crippen molar-refractivity contribution in [3.05, 3.63) is 41.3 Å². The van der Waals surface area contributed by atoms with E-state index in [-0.39, 0.29) is 11.8 Å². The molecule has 3 rings (SSSR count). The molecule has 2 aromatic heterocycles. The smallest absolute Gasteiger partial charge is 0.223 e. The van der Waals surface area contributed by atoms with E-state index in [1.165, 1.54) is 0 Å². The molecule has 0 aliphatic carbocycles. The Balaban J connectivity index is 1.39. The fourth-order valence-electron chi connectivity index (χ4n) is 3.50. The number of aromatic nitrogens is 3. The Labute approximate surface area is 160 Å². The Kier molecular flexibility index (Phi) is 6.07. The molecule has 0 radical (unpaired) electrons. The van der Waals surface area contributed by atoms with Crippen LogP contribution in [0, 0.1) is 31.1 Å². The highest BCUT2D eigenvalue weighted by Gasteiger charge is 2.25. The molecular formula is C20H26N6O. The summed E-state index contributed by atoms with van der Waals surface area (Å²) in [6.45, 7) is 7.16. The number of aryl methyl sites for hydroxylation is 3. The lowest BCUT2D eigenvalue weighted by Crippen LogP contribution is -2.41. The third-order valence-electron chi connectivity index (χ3n) is 5.02. The van der Waals surface area contributed by atoms with Crippen molar-refractivity contribution in [2.75, 3.05) is 24.5 Å². The van der Waals surface area contributed by atoms with E-state index in [0.717, 1.165) is 56.1 Å². The van der Waals surface area contributed by atoms with Crippen molar-refractivity contribution >= 4 is 11.7 Å². The standard InChI is InChI=1S/C20H26N6O/c1-15-12-16(2)26(24-15)9-3-8-22-20(27)18-6-10-25(11-7-18)19-5-4-17(13-21)14-23-19/h4-5,12,14,18H,3,6-11H2,1-2H3,(H,22,27). The van der Waals surface area contributed by atoms with Crippen LogP contribution in [0.5, 0.6) is 0 Å². The number of hydrogen-bond donors (Lipinski definition) is 1. The molecule has 2 aromatic rings. The van der Waals surface area contributed by atoms with E-state index in [0.29, 0.717) is 12.1 Å². The molecule has 0 spiro atoms. The lowest BCUT2D eigenvalue weighted by atomic mass is 9.96. The van der Waals surface area contributed by atoms with E-state index in [4.69, 9.17) is 5.26 Å². The molecule has 0 aromatic carbocycles. The van der Waals surface area contributed by atoms with E-state index in [2.05, 4.69) is 39.4 Å². The highest BCUT2D eigenvalue weighted by atomic mass is 16.1. The topological polar surface area (TPSA) is 86.8 Å². The minimum atomic E-state index is 0.0633. The van der Waals surface area contributed by atoms with Crippen LogP contribution >= 0.6 is 0 Å². The van der Waals surface area contributed by atoms with Gasteiger partial charge in [0.2, 0.25) is 5.91 Å². The van der Waals surface area contributed by atoms with Gasteiger partial charge in [0.25, 0.3) is 0 Å². The van der Waals surface area contributed by atoms with Crippen molar-refractivity contribution in [2.45, 2.75) is 39.7 Å². The third-order valence-corrected chi connectivity index (χ3v) is 5.02. The number of nitrogens with zero attached hydrogens (tertiary/aromatic N) is 5. The van der Waals surface area contributed by atoms with Gasteiger partial charge in [0, 0.05) is 44.0 Å². The summed E-state index contributed by atoms with van der Waals surface area (Å²) in [5, 5.41) is 16.4. The zero-order chi connectivity index (χ0) is 19.2. The molecule has 1 fully saturated rings. The van der Waals surface area contributed by atoms with Crippen LogP contribution in [0.2, 0.25) is 0 Å². The van der Waals surface area contributed by atoms with E-state index in [1.54, 1.807) is 12.3 Å². The Morgan fingerprint density at radius 2 is 2.11 bits per heavy atom. The maximum absolute atomic E-state index is 12.4. The largest absolute Gasteiger partial charge is 0.357 e. The second-order valence-electron chi connectivity index (χ2n) is 7.07. The zero-order valence-corrected chi connectivity index (χ0v) is 16.0. The Morgan fingerprint density at radius 3 is 2.70 bits per heavy atom. The second kappa shape index (κ2) is 8.67. The lowest BCUT2D eigenvalue weighted by molar-refractivity contribution is -0.125.